The number of ether oxygens (including phenoxy) is 1. The van der Waals surface area contributed by atoms with Crippen LogP contribution in [0.5, 0.6) is 0 Å². The largest absolute Gasteiger partial charge is 0.479 e. The number of cyclic esters (lactones) is 1. The first kappa shape index (κ1) is 14.0. The van der Waals surface area contributed by atoms with Crippen LogP contribution in [0.4, 0.5) is 0 Å². The SMILES string of the molecule is CC(C)CCC1(CCO)CC(C(=O)O)OC1=O. The standard InChI is InChI=1S/C12H20O5/c1-8(2)3-4-12(5-6-13)7-9(10(14)15)17-11(12)16/h8-9,13H,3-7H2,1-2H3,(H,14,15). The molecule has 1 heterocycles. The molecule has 0 aliphatic carbocycles. The molecule has 5 heteroatoms. The minimum absolute atomic E-state index is 0.125. The maximum atomic E-state index is 11.8. The average Bonchev–Trinajstić information content (AvgIpc) is 2.55. The number of hydrogen-bond acceptors (Lipinski definition) is 4. The van der Waals surface area contributed by atoms with E-state index in [2.05, 4.69) is 0 Å². The van der Waals surface area contributed by atoms with Crippen LogP contribution in [0, 0.1) is 11.3 Å². The Morgan fingerprint density at radius 3 is 2.59 bits per heavy atom. The van der Waals surface area contributed by atoms with Gasteiger partial charge in [-0.1, -0.05) is 13.8 Å². The number of aliphatic hydroxyl groups is 1. The molecule has 1 fully saturated rings. The maximum Gasteiger partial charge on any atom is 0.345 e. The topological polar surface area (TPSA) is 83.8 Å². The first-order chi connectivity index (χ1) is 7.91. The summed E-state index contributed by atoms with van der Waals surface area (Å²) in [7, 11) is 0. The average molecular weight is 244 g/mol. The first-order valence-electron chi connectivity index (χ1n) is 5.96. The molecule has 2 unspecified atom stereocenters. The van der Waals surface area contributed by atoms with Gasteiger partial charge >= 0.3 is 11.9 Å². The van der Waals surface area contributed by atoms with Crippen LogP contribution in [0.1, 0.15) is 39.5 Å². The van der Waals surface area contributed by atoms with Crippen molar-refractivity contribution in [1.82, 2.24) is 0 Å². The van der Waals surface area contributed by atoms with Crippen molar-refractivity contribution in [1.29, 1.82) is 0 Å². The smallest absolute Gasteiger partial charge is 0.345 e. The summed E-state index contributed by atoms with van der Waals surface area (Å²) in [6.45, 7) is 3.96. The van der Waals surface area contributed by atoms with Crippen LogP contribution in [-0.4, -0.2) is 34.9 Å². The highest BCUT2D eigenvalue weighted by Gasteiger charge is 2.50. The molecule has 0 saturated carbocycles. The lowest BCUT2D eigenvalue weighted by molar-refractivity contribution is -0.159. The highest BCUT2D eigenvalue weighted by Crippen LogP contribution is 2.42. The Morgan fingerprint density at radius 1 is 1.53 bits per heavy atom. The summed E-state index contributed by atoms with van der Waals surface area (Å²) in [5.41, 5.74) is -0.803. The third-order valence-electron chi connectivity index (χ3n) is 3.32. The molecule has 0 radical (unpaired) electrons. The van der Waals surface area contributed by atoms with E-state index in [9.17, 15) is 9.59 Å². The fourth-order valence-electron chi connectivity index (χ4n) is 2.18. The van der Waals surface area contributed by atoms with E-state index in [0.29, 0.717) is 12.3 Å². The molecular weight excluding hydrogens is 224 g/mol. The van der Waals surface area contributed by atoms with E-state index >= 15 is 0 Å². The van der Waals surface area contributed by atoms with Gasteiger partial charge in [-0.2, -0.15) is 0 Å². The summed E-state index contributed by atoms with van der Waals surface area (Å²) in [6, 6.07) is 0. The molecule has 2 atom stereocenters. The van der Waals surface area contributed by atoms with Crippen LogP contribution < -0.4 is 0 Å². The Hall–Kier alpha value is -1.10. The lowest BCUT2D eigenvalue weighted by Gasteiger charge is -2.24. The fourth-order valence-corrected chi connectivity index (χ4v) is 2.18. The summed E-state index contributed by atoms with van der Waals surface area (Å²) in [5, 5.41) is 17.9. The van der Waals surface area contributed by atoms with E-state index in [4.69, 9.17) is 14.9 Å². The number of carbonyl (C=O) groups excluding carboxylic acids is 1. The van der Waals surface area contributed by atoms with Crippen molar-refractivity contribution in [3.63, 3.8) is 0 Å². The van der Waals surface area contributed by atoms with E-state index in [1.54, 1.807) is 0 Å². The van der Waals surface area contributed by atoms with Crippen molar-refractivity contribution in [2.45, 2.75) is 45.6 Å². The van der Waals surface area contributed by atoms with E-state index in [0.717, 1.165) is 6.42 Å². The van der Waals surface area contributed by atoms with Crippen LogP contribution >= 0.6 is 0 Å². The van der Waals surface area contributed by atoms with Gasteiger partial charge in [-0.15, -0.1) is 0 Å². The Labute approximate surface area is 101 Å². The zero-order chi connectivity index (χ0) is 13.1. The summed E-state index contributed by atoms with van der Waals surface area (Å²) in [4.78, 5) is 22.7. The number of carbonyl (C=O) groups is 2. The second-order valence-electron chi connectivity index (χ2n) is 5.12. The van der Waals surface area contributed by atoms with Crippen molar-refractivity contribution in [2.24, 2.45) is 11.3 Å². The van der Waals surface area contributed by atoms with Gasteiger partial charge in [-0.3, -0.25) is 4.79 Å². The Bertz CT molecular complexity index is 299. The van der Waals surface area contributed by atoms with Crippen LogP contribution in [0.3, 0.4) is 0 Å². The normalized spacial score (nSPS) is 28.5. The molecule has 17 heavy (non-hydrogen) atoms. The highest BCUT2D eigenvalue weighted by molar-refractivity contribution is 5.85. The summed E-state index contributed by atoms with van der Waals surface area (Å²) >= 11 is 0. The number of hydrogen-bond donors (Lipinski definition) is 2. The quantitative estimate of drug-likeness (QED) is 0.686. The molecule has 0 aromatic heterocycles. The van der Waals surface area contributed by atoms with Crippen LogP contribution in [-0.2, 0) is 14.3 Å². The van der Waals surface area contributed by atoms with Gasteiger partial charge in [0.2, 0.25) is 0 Å². The Kier molecular flexibility index (Phi) is 4.51. The Balaban J connectivity index is 2.77. The van der Waals surface area contributed by atoms with Gasteiger partial charge in [0, 0.05) is 13.0 Å². The molecule has 98 valence electrons. The van der Waals surface area contributed by atoms with Crippen molar-refractivity contribution in [3.8, 4) is 0 Å². The highest BCUT2D eigenvalue weighted by atomic mass is 16.6. The minimum atomic E-state index is -1.11. The van der Waals surface area contributed by atoms with Crippen molar-refractivity contribution in [3.05, 3.63) is 0 Å². The van der Waals surface area contributed by atoms with Gasteiger partial charge < -0.3 is 14.9 Å². The fraction of sp³-hybridized carbons (Fsp3) is 0.833. The summed E-state index contributed by atoms with van der Waals surface area (Å²) < 4.78 is 4.87. The third-order valence-corrected chi connectivity index (χ3v) is 3.32. The number of carboxylic acids is 1. The van der Waals surface area contributed by atoms with Crippen molar-refractivity contribution < 1.29 is 24.5 Å². The molecule has 1 aliphatic rings. The van der Waals surface area contributed by atoms with Crippen LogP contribution in [0.15, 0.2) is 0 Å². The van der Waals surface area contributed by atoms with Gasteiger partial charge in [0.25, 0.3) is 0 Å². The van der Waals surface area contributed by atoms with Crippen LogP contribution in [0.25, 0.3) is 0 Å². The predicted octanol–water partition coefficient (Wildman–Crippen LogP) is 1.19. The molecule has 0 amide bonds. The zero-order valence-corrected chi connectivity index (χ0v) is 10.3. The molecule has 0 bridgehead atoms. The lowest BCUT2D eigenvalue weighted by Crippen LogP contribution is -2.28. The molecule has 1 rings (SSSR count). The third kappa shape index (κ3) is 3.19. The molecular formula is C12H20O5. The maximum absolute atomic E-state index is 11.8. The molecule has 5 nitrogen and oxygen atoms in total. The molecule has 1 aliphatic heterocycles. The number of aliphatic hydroxyl groups excluding tert-OH is 1. The predicted molar refractivity (Wildman–Crippen MR) is 60.3 cm³/mol. The first-order valence-corrected chi connectivity index (χ1v) is 5.96. The number of carboxylic acid groups (broad SMARTS) is 1. The molecule has 2 N–H and O–H groups in total. The molecule has 1 saturated heterocycles. The van der Waals surface area contributed by atoms with Gasteiger partial charge in [0.05, 0.1) is 5.41 Å². The summed E-state index contributed by atoms with van der Waals surface area (Å²) in [5.74, 6) is -1.15. The number of aliphatic carboxylic acids is 1. The summed E-state index contributed by atoms with van der Waals surface area (Å²) in [6.07, 6.45) is 0.799. The minimum Gasteiger partial charge on any atom is -0.479 e. The van der Waals surface area contributed by atoms with Gasteiger partial charge in [0.15, 0.2) is 6.10 Å². The second kappa shape index (κ2) is 5.49. The van der Waals surface area contributed by atoms with Gasteiger partial charge in [-0.05, 0) is 25.2 Å². The van der Waals surface area contributed by atoms with Crippen molar-refractivity contribution >= 4 is 11.9 Å². The lowest BCUT2D eigenvalue weighted by atomic mass is 9.76. The van der Waals surface area contributed by atoms with E-state index in [1.165, 1.54) is 0 Å². The molecule has 0 aromatic carbocycles. The van der Waals surface area contributed by atoms with E-state index in [-0.39, 0.29) is 19.4 Å². The number of rotatable bonds is 6. The molecule has 0 spiro atoms. The molecule has 0 aromatic rings. The van der Waals surface area contributed by atoms with Crippen LogP contribution in [0.2, 0.25) is 0 Å². The monoisotopic (exact) mass is 244 g/mol. The van der Waals surface area contributed by atoms with E-state index < -0.39 is 23.5 Å². The zero-order valence-electron chi connectivity index (χ0n) is 10.3. The van der Waals surface area contributed by atoms with Gasteiger partial charge in [-0.25, -0.2) is 4.79 Å². The Morgan fingerprint density at radius 2 is 2.18 bits per heavy atom. The number of esters is 1. The van der Waals surface area contributed by atoms with Gasteiger partial charge in [0.1, 0.15) is 0 Å². The van der Waals surface area contributed by atoms with Crippen molar-refractivity contribution in [2.75, 3.05) is 6.61 Å². The second-order valence-corrected chi connectivity index (χ2v) is 5.12. The van der Waals surface area contributed by atoms with E-state index in [1.807, 2.05) is 13.8 Å².